The molecule has 1 fully saturated rings. The first kappa shape index (κ1) is 27.0. The third-order valence-electron chi connectivity index (χ3n) is 6.69. The molecule has 1 N–H and O–H groups in total. The molecule has 0 spiro atoms. The van der Waals surface area contributed by atoms with Crippen molar-refractivity contribution in [2.75, 3.05) is 37.8 Å². The number of amides is 1. The van der Waals surface area contributed by atoms with E-state index in [2.05, 4.69) is 20.3 Å². The Morgan fingerprint density at radius 2 is 1.84 bits per heavy atom. The number of aromatic nitrogens is 3. The van der Waals surface area contributed by atoms with Crippen LogP contribution in [0.2, 0.25) is 0 Å². The molecular formula is C25H29F3N5O3P. The number of nitrogens with one attached hydrogen (secondary N) is 1. The van der Waals surface area contributed by atoms with Crippen LogP contribution in [0.1, 0.15) is 43.3 Å². The summed E-state index contributed by atoms with van der Waals surface area (Å²) in [7, 11) is -1.44. The minimum atomic E-state index is -2.93. The fourth-order valence-corrected chi connectivity index (χ4v) is 6.86. The van der Waals surface area contributed by atoms with E-state index in [0.29, 0.717) is 41.1 Å². The number of carbonyl (C=O) groups is 1. The summed E-state index contributed by atoms with van der Waals surface area (Å²) in [4.78, 5) is 27.4. The van der Waals surface area contributed by atoms with Crippen LogP contribution in [0, 0.1) is 12.7 Å². The van der Waals surface area contributed by atoms with Crippen LogP contribution in [-0.2, 0) is 14.1 Å². The second-order valence-electron chi connectivity index (χ2n) is 9.14. The zero-order valence-electron chi connectivity index (χ0n) is 21.0. The summed E-state index contributed by atoms with van der Waals surface area (Å²) in [5.41, 5.74) is 0.318. The molecular weight excluding hydrogens is 506 g/mol. The fraction of sp³-hybridized carbons (Fsp3) is 0.440. The number of halogens is 3. The quantitative estimate of drug-likeness (QED) is 0.447. The largest absolute Gasteiger partial charge is 0.372 e. The van der Waals surface area contributed by atoms with Crippen LogP contribution in [0.5, 0.6) is 0 Å². The lowest BCUT2D eigenvalue weighted by atomic mass is 10.0. The number of ether oxygens (including phenoxy) is 1. The van der Waals surface area contributed by atoms with Crippen LogP contribution in [0.25, 0.3) is 10.9 Å². The second kappa shape index (κ2) is 10.8. The van der Waals surface area contributed by atoms with Gasteiger partial charge in [-0.2, -0.15) is 0 Å². The number of pyridine rings is 1. The maximum absolute atomic E-state index is 14.8. The zero-order chi connectivity index (χ0) is 26.9. The number of hydrogen-bond acceptors (Lipinski definition) is 7. The van der Waals surface area contributed by atoms with E-state index in [1.165, 1.54) is 25.4 Å². The number of methoxy groups -OCH3 is 1. The second-order valence-corrected chi connectivity index (χ2v) is 12.3. The number of hydrogen-bond donors (Lipinski definition) is 1. The molecule has 1 saturated heterocycles. The summed E-state index contributed by atoms with van der Waals surface area (Å²) < 4.78 is 60.1. The van der Waals surface area contributed by atoms with Crippen LogP contribution in [0.15, 0.2) is 30.5 Å². The average Bonchev–Trinajstić information content (AvgIpc) is 2.87. The summed E-state index contributed by atoms with van der Waals surface area (Å²) in [6.45, 7) is 5.67. The summed E-state index contributed by atoms with van der Waals surface area (Å²) in [5, 5.41) is 3.65. The maximum Gasteiger partial charge on any atom is 0.266 e. The highest BCUT2D eigenvalue weighted by molar-refractivity contribution is 7.71. The molecule has 198 valence electrons. The van der Waals surface area contributed by atoms with Crippen molar-refractivity contribution in [1.82, 2.24) is 19.9 Å². The molecule has 0 bridgehead atoms. The van der Waals surface area contributed by atoms with Gasteiger partial charge in [-0.1, -0.05) is 18.2 Å². The molecule has 3 aromatic rings. The van der Waals surface area contributed by atoms with Gasteiger partial charge in [-0.05, 0) is 26.8 Å². The topological polar surface area (TPSA) is 97.3 Å². The summed E-state index contributed by atoms with van der Waals surface area (Å²) in [6, 6.07) is 4.87. The minimum absolute atomic E-state index is 0.0756. The van der Waals surface area contributed by atoms with E-state index >= 15 is 0 Å². The molecule has 2 aromatic heterocycles. The third kappa shape index (κ3) is 5.48. The molecule has 1 aromatic carbocycles. The predicted octanol–water partition coefficient (Wildman–Crippen LogP) is 4.45. The van der Waals surface area contributed by atoms with Gasteiger partial charge in [0.2, 0.25) is 0 Å². The van der Waals surface area contributed by atoms with Crippen molar-refractivity contribution in [2.45, 2.75) is 39.3 Å². The van der Waals surface area contributed by atoms with Crippen molar-refractivity contribution < 1.29 is 27.3 Å². The predicted molar refractivity (Wildman–Crippen MR) is 135 cm³/mol. The first-order chi connectivity index (χ1) is 17.5. The number of alkyl halides is 2. The average molecular weight is 536 g/mol. The Hall–Kier alpha value is -3.04. The van der Waals surface area contributed by atoms with Crippen LogP contribution >= 0.6 is 7.14 Å². The molecule has 1 aliphatic heterocycles. The van der Waals surface area contributed by atoms with Gasteiger partial charge in [0.05, 0.1) is 23.3 Å². The Balaban J connectivity index is 1.63. The highest BCUT2D eigenvalue weighted by Crippen LogP contribution is 2.46. The Kier molecular flexibility index (Phi) is 7.85. The number of benzene rings is 1. The van der Waals surface area contributed by atoms with Gasteiger partial charge >= 0.3 is 0 Å². The molecule has 0 aliphatic carbocycles. The number of carbonyl (C=O) groups excluding carboxylic acids is 1. The number of rotatable bonds is 7. The highest BCUT2D eigenvalue weighted by Gasteiger charge is 2.35. The van der Waals surface area contributed by atoms with Gasteiger partial charge in [0.1, 0.15) is 36.1 Å². The van der Waals surface area contributed by atoms with E-state index in [9.17, 15) is 22.5 Å². The SMILES string of the molecule is CO[C@H](C)C(=O)N1CCP(=O)(c2cc3c(N[C@H](C)c4cccc(C(F)F)c4F)nc(C)nc3cn2)CC1. The Labute approximate surface area is 213 Å². The molecule has 0 radical (unpaired) electrons. The van der Waals surface area contributed by atoms with Crippen molar-refractivity contribution in [1.29, 1.82) is 0 Å². The zero-order valence-corrected chi connectivity index (χ0v) is 21.9. The molecule has 8 nitrogen and oxygen atoms in total. The maximum atomic E-state index is 14.8. The Bertz CT molecular complexity index is 1360. The number of aryl methyl sites for hydroxylation is 1. The fourth-order valence-electron chi connectivity index (χ4n) is 4.42. The molecule has 37 heavy (non-hydrogen) atoms. The lowest BCUT2D eigenvalue weighted by Crippen LogP contribution is -2.45. The molecule has 12 heteroatoms. The van der Waals surface area contributed by atoms with Gasteiger partial charge < -0.3 is 19.5 Å². The number of nitrogens with zero attached hydrogens (tertiary/aromatic N) is 4. The van der Waals surface area contributed by atoms with E-state index in [0.717, 1.165) is 6.07 Å². The van der Waals surface area contributed by atoms with Crippen molar-refractivity contribution in [2.24, 2.45) is 0 Å². The third-order valence-corrected chi connectivity index (χ3v) is 9.61. The summed E-state index contributed by atoms with van der Waals surface area (Å²) in [6.07, 6.45) is -1.41. The van der Waals surface area contributed by atoms with Crippen molar-refractivity contribution in [3.8, 4) is 0 Å². The standard InChI is InChI=1S/C25H29F3N5O3P/c1-14(17-6-5-7-18(22(17)26)23(27)28)30-24-19-12-21(29-13-20(19)31-16(3)32-24)37(35)10-8-33(9-11-37)25(34)15(2)36-4/h5-7,12-15,23H,8-11H2,1-4H3,(H,30,31,32)/t14-,15-/m1/s1. The smallest absolute Gasteiger partial charge is 0.266 e. The van der Waals surface area contributed by atoms with E-state index in [1.54, 1.807) is 31.7 Å². The van der Waals surface area contributed by atoms with Crippen LogP contribution < -0.4 is 10.8 Å². The molecule has 1 amide bonds. The van der Waals surface area contributed by atoms with E-state index in [4.69, 9.17) is 4.74 Å². The molecule has 4 rings (SSSR count). The monoisotopic (exact) mass is 535 g/mol. The van der Waals surface area contributed by atoms with Crippen molar-refractivity contribution in [3.63, 3.8) is 0 Å². The van der Waals surface area contributed by atoms with Gasteiger partial charge in [-0.15, -0.1) is 0 Å². The van der Waals surface area contributed by atoms with E-state index in [-0.39, 0.29) is 23.8 Å². The van der Waals surface area contributed by atoms with Gasteiger partial charge in [0.15, 0.2) is 0 Å². The van der Waals surface area contributed by atoms with Crippen LogP contribution in [-0.4, -0.2) is 64.4 Å². The van der Waals surface area contributed by atoms with Gasteiger partial charge in [-0.3, -0.25) is 9.78 Å². The minimum Gasteiger partial charge on any atom is -0.372 e. The van der Waals surface area contributed by atoms with Crippen LogP contribution in [0.4, 0.5) is 19.0 Å². The molecule has 0 unspecified atom stereocenters. The van der Waals surface area contributed by atoms with Gasteiger partial charge in [0, 0.05) is 43.5 Å². The summed E-state index contributed by atoms with van der Waals surface area (Å²) >= 11 is 0. The highest BCUT2D eigenvalue weighted by atomic mass is 31.2. The Morgan fingerprint density at radius 1 is 1.16 bits per heavy atom. The molecule has 3 heterocycles. The van der Waals surface area contributed by atoms with E-state index < -0.39 is 37.1 Å². The normalized spacial score (nSPS) is 17.1. The molecule has 0 saturated carbocycles. The first-order valence-electron chi connectivity index (χ1n) is 11.9. The Morgan fingerprint density at radius 3 is 2.49 bits per heavy atom. The summed E-state index contributed by atoms with van der Waals surface area (Å²) in [5.74, 6) is -0.324. The first-order valence-corrected chi connectivity index (χ1v) is 14.0. The number of anilines is 1. The van der Waals surface area contributed by atoms with Gasteiger partial charge in [-0.25, -0.2) is 23.1 Å². The van der Waals surface area contributed by atoms with Crippen molar-refractivity contribution >= 4 is 35.2 Å². The van der Waals surface area contributed by atoms with Gasteiger partial charge in [0.25, 0.3) is 12.3 Å². The lowest BCUT2D eigenvalue weighted by molar-refractivity contribution is -0.140. The van der Waals surface area contributed by atoms with Crippen LogP contribution in [0.3, 0.4) is 0 Å². The molecule has 1 aliphatic rings. The van der Waals surface area contributed by atoms with Crippen molar-refractivity contribution in [3.05, 3.63) is 53.2 Å². The number of fused-ring (bicyclic) bond motifs is 1. The van der Waals surface area contributed by atoms with E-state index in [1.807, 2.05) is 0 Å². The molecule has 2 atom stereocenters. The lowest BCUT2D eigenvalue weighted by Gasteiger charge is -2.33.